The number of ether oxygens (including phenoxy) is 1. The highest BCUT2D eigenvalue weighted by molar-refractivity contribution is 5.80. The maximum absolute atomic E-state index is 12.8. The third-order valence-electron chi connectivity index (χ3n) is 4.81. The van der Waals surface area contributed by atoms with E-state index in [2.05, 4.69) is 16.9 Å². The van der Waals surface area contributed by atoms with Crippen LogP contribution in [0.4, 0.5) is 5.69 Å². The van der Waals surface area contributed by atoms with Crippen LogP contribution in [-0.4, -0.2) is 59.5 Å². The number of nitrogens with zero attached hydrogens (tertiary/aromatic N) is 4. The van der Waals surface area contributed by atoms with Gasteiger partial charge in [0.05, 0.1) is 23.9 Å². The van der Waals surface area contributed by atoms with Gasteiger partial charge in [0.15, 0.2) is 0 Å². The molecule has 0 saturated carbocycles. The van der Waals surface area contributed by atoms with E-state index in [9.17, 15) is 4.79 Å². The number of carbonyl (C=O) groups excluding carboxylic acids is 1. The molecule has 3 rings (SSSR count). The van der Waals surface area contributed by atoms with E-state index in [1.165, 1.54) is 0 Å². The number of hydrogen-bond acceptors (Lipinski definition) is 4. The molecule has 6 nitrogen and oxygen atoms in total. The maximum Gasteiger partial charge on any atom is 0.228 e. The number of amides is 1. The molecule has 0 radical (unpaired) electrons. The Morgan fingerprint density at radius 3 is 2.77 bits per heavy atom. The van der Waals surface area contributed by atoms with Gasteiger partial charge in [-0.2, -0.15) is 5.10 Å². The van der Waals surface area contributed by atoms with Crippen molar-refractivity contribution in [2.75, 3.05) is 37.7 Å². The van der Waals surface area contributed by atoms with Crippen molar-refractivity contribution in [3.05, 3.63) is 12.4 Å². The fourth-order valence-corrected chi connectivity index (χ4v) is 3.52. The molecule has 2 aliphatic heterocycles. The minimum absolute atomic E-state index is 0.0590. The van der Waals surface area contributed by atoms with Gasteiger partial charge in [-0.15, -0.1) is 0 Å². The van der Waals surface area contributed by atoms with Crippen molar-refractivity contribution in [1.82, 2.24) is 14.7 Å². The van der Waals surface area contributed by atoms with Crippen LogP contribution in [0.2, 0.25) is 0 Å². The van der Waals surface area contributed by atoms with Crippen molar-refractivity contribution >= 4 is 11.6 Å². The van der Waals surface area contributed by atoms with Gasteiger partial charge in [0.1, 0.15) is 0 Å². The standard InChI is InChI=1S/C16H26N4O2/c1-3-15-14(5-4-10-22-15)16(21)20-8-6-19(7-9-20)13-11-17-18(2)12-13/h11-12,14-15H,3-10H2,1-2H3. The Hall–Kier alpha value is -1.56. The van der Waals surface area contributed by atoms with Crippen LogP contribution in [0.3, 0.4) is 0 Å². The molecule has 1 amide bonds. The van der Waals surface area contributed by atoms with Crippen LogP contribution in [0, 0.1) is 5.92 Å². The summed E-state index contributed by atoms with van der Waals surface area (Å²) in [6.45, 7) is 6.25. The van der Waals surface area contributed by atoms with E-state index >= 15 is 0 Å². The molecular formula is C16H26N4O2. The van der Waals surface area contributed by atoms with Gasteiger partial charge >= 0.3 is 0 Å². The van der Waals surface area contributed by atoms with E-state index in [-0.39, 0.29) is 17.9 Å². The number of aromatic nitrogens is 2. The van der Waals surface area contributed by atoms with Gasteiger partial charge in [-0.3, -0.25) is 9.48 Å². The number of piperazine rings is 1. The number of rotatable bonds is 3. The van der Waals surface area contributed by atoms with Gasteiger partial charge in [-0.1, -0.05) is 6.92 Å². The Labute approximate surface area is 132 Å². The molecule has 0 aliphatic carbocycles. The van der Waals surface area contributed by atoms with Crippen molar-refractivity contribution in [3.8, 4) is 0 Å². The van der Waals surface area contributed by atoms with Crippen LogP contribution in [0.15, 0.2) is 12.4 Å². The summed E-state index contributed by atoms with van der Waals surface area (Å²) in [5.74, 6) is 0.348. The third kappa shape index (κ3) is 3.11. The van der Waals surface area contributed by atoms with Crippen molar-refractivity contribution in [1.29, 1.82) is 0 Å². The first-order valence-electron chi connectivity index (χ1n) is 8.33. The van der Waals surface area contributed by atoms with Crippen molar-refractivity contribution in [2.24, 2.45) is 13.0 Å². The molecule has 122 valence electrons. The highest BCUT2D eigenvalue weighted by Gasteiger charge is 2.34. The highest BCUT2D eigenvalue weighted by Crippen LogP contribution is 2.26. The summed E-state index contributed by atoms with van der Waals surface area (Å²) < 4.78 is 7.59. The minimum atomic E-state index is 0.0590. The molecular weight excluding hydrogens is 280 g/mol. The molecule has 3 heterocycles. The Balaban J connectivity index is 1.57. The molecule has 22 heavy (non-hydrogen) atoms. The summed E-state index contributed by atoms with van der Waals surface area (Å²) in [5, 5.41) is 4.22. The molecule has 2 aliphatic rings. The van der Waals surface area contributed by atoms with Gasteiger partial charge < -0.3 is 14.5 Å². The number of hydrogen-bond donors (Lipinski definition) is 0. The average Bonchev–Trinajstić information content (AvgIpc) is 3.01. The van der Waals surface area contributed by atoms with Crippen LogP contribution in [-0.2, 0) is 16.6 Å². The van der Waals surface area contributed by atoms with E-state index < -0.39 is 0 Å². The Morgan fingerprint density at radius 2 is 2.14 bits per heavy atom. The molecule has 0 spiro atoms. The van der Waals surface area contributed by atoms with Crippen LogP contribution < -0.4 is 4.90 Å². The van der Waals surface area contributed by atoms with Gasteiger partial charge in [-0.05, 0) is 19.3 Å². The van der Waals surface area contributed by atoms with Gasteiger partial charge in [0.25, 0.3) is 0 Å². The Kier molecular flexibility index (Phi) is 4.66. The van der Waals surface area contributed by atoms with Crippen LogP contribution in [0.25, 0.3) is 0 Å². The van der Waals surface area contributed by atoms with E-state index in [0.29, 0.717) is 0 Å². The van der Waals surface area contributed by atoms with Crippen molar-refractivity contribution in [3.63, 3.8) is 0 Å². The lowest BCUT2D eigenvalue weighted by molar-refractivity contribution is -0.145. The Morgan fingerprint density at radius 1 is 1.36 bits per heavy atom. The van der Waals surface area contributed by atoms with Gasteiger partial charge in [-0.25, -0.2) is 0 Å². The first kappa shape index (κ1) is 15.3. The molecule has 2 unspecified atom stereocenters. The number of anilines is 1. The van der Waals surface area contributed by atoms with Crippen LogP contribution in [0.1, 0.15) is 26.2 Å². The number of aryl methyl sites for hydroxylation is 1. The molecule has 1 aromatic rings. The molecule has 1 aromatic heterocycles. The summed E-state index contributed by atoms with van der Waals surface area (Å²) in [7, 11) is 1.93. The summed E-state index contributed by atoms with van der Waals surface area (Å²) >= 11 is 0. The zero-order valence-corrected chi connectivity index (χ0v) is 13.6. The molecule has 2 atom stereocenters. The molecule has 2 saturated heterocycles. The van der Waals surface area contributed by atoms with E-state index in [0.717, 1.165) is 57.7 Å². The summed E-state index contributed by atoms with van der Waals surface area (Å²) in [5.41, 5.74) is 1.14. The largest absolute Gasteiger partial charge is 0.377 e. The second-order valence-corrected chi connectivity index (χ2v) is 6.25. The van der Waals surface area contributed by atoms with E-state index in [4.69, 9.17) is 4.74 Å². The second-order valence-electron chi connectivity index (χ2n) is 6.25. The van der Waals surface area contributed by atoms with Crippen LogP contribution >= 0.6 is 0 Å². The fourth-order valence-electron chi connectivity index (χ4n) is 3.52. The summed E-state index contributed by atoms with van der Waals surface area (Å²) in [6, 6.07) is 0. The first-order valence-corrected chi connectivity index (χ1v) is 8.33. The molecule has 6 heteroatoms. The Bertz CT molecular complexity index is 508. The zero-order valence-electron chi connectivity index (χ0n) is 13.6. The second kappa shape index (κ2) is 6.69. The van der Waals surface area contributed by atoms with Crippen molar-refractivity contribution in [2.45, 2.75) is 32.3 Å². The topological polar surface area (TPSA) is 50.6 Å². The van der Waals surface area contributed by atoms with E-state index in [1.807, 2.05) is 29.0 Å². The smallest absolute Gasteiger partial charge is 0.228 e. The monoisotopic (exact) mass is 306 g/mol. The predicted octanol–water partition coefficient (Wildman–Crippen LogP) is 1.27. The lowest BCUT2D eigenvalue weighted by atomic mass is 9.91. The molecule has 0 bridgehead atoms. The summed E-state index contributed by atoms with van der Waals surface area (Å²) in [6.07, 6.45) is 6.92. The lowest BCUT2D eigenvalue weighted by Gasteiger charge is -2.39. The van der Waals surface area contributed by atoms with Crippen LogP contribution in [0.5, 0.6) is 0 Å². The fraction of sp³-hybridized carbons (Fsp3) is 0.750. The molecule has 0 N–H and O–H groups in total. The van der Waals surface area contributed by atoms with E-state index in [1.54, 1.807) is 0 Å². The maximum atomic E-state index is 12.8. The first-order chi connectivity index (χ1) is 10.7. The minimum Gasteiger partial charge on any atom is -0.377 e. The average molecular weight is 306 g/mol. The lowest BCUT2D eigenvalue weighted by Crippen LogP contribution is -2.52. The normalized spacial score (nSPS) is 26.3. The number of carbonyl (C=O) groups is 1. The third-order valence-corrected chi connectivity index (χ3v) is 4.81. The summed E-state index contributed by atoms with van der Waals surface area (Å²) in [4.78, 5) is 17.1. The van der Waals surface area contributed by atoms with Crippen molar-refractivity contribution < 1.29 is 9.53 Å². The predicted molar refractivity (Wildman–Crippen MR) is 84.8 cm³/mol. The zero-order chi connectivity index (χ0) is 15.5. The highest BCUT2D eigenvalue weighted by atomic mass is 16.5. The van der Waals surface area contributed by atoms with Gasteiger partial charge in [0, 0.05) is 46.0 Å². The SMILES string of the molecule is CCC1OCCCC1C(=O)N1CCN(c2cnn(C)c2)CC1. The van der Waals surface area contributed by atoms with Gasteiger partial charge in [0.2, 0.25) is 5.91 Å². The molecule has 0 aromatic carbocycles. The quantitative estimate of drug-likeness (QED) is 0.844. The molecule has 2 fully saturated rings.